The van der Waals surface area contributed by atoms with Crippen molar-refractivity contribution < 1.29 is 27.3 Å². The van der Waals surface area contributed by atoms with E-state index >= 15 is 0 Å². The molecule has 0 atom stereocenters. The van der Waals surface area contributed by atoms with Crippen molar-refractivity contribution >= 4 is 17.5 Å². The molecular formula is C18H21F3N4O3. The Balaban J connectivity index is 1.55. The third kappa shape index (κ3) is 7.01. The summed E-state index contributed by atoms with van der Waals surface area (Å²) in [6.07, 6.45) is -0.111. The average molecular weight is 398 g/mol. The Morgan fingerprint density at radius 3 is 2.29 bits per heavy atom. The Morgan fingerprint density at radius 1 is 1.04 bits per heavy atom. The molecular weight excluding hydrogens is 377 g/mol. The number of nitrogens with two attached hydrogens (primary N) is 1. The van der Waals surface area contributed by atoms with Crippen molar-refractivity contribution in [2.45, 2.75) is 51.1 Å². The molecule has 0 aliphatic rings. The number of benzene rings is 1. The minimum atomic E-state index is -4.62. The van der Waals surface area contributed by atoms with Crippen molar-refractivity contribution in [1.29, 1.82) is 0 Å². The lowest BCUT2D eigenvalue weighted by Gasteiger charge is -2.06. The number of aryl methyl sites for hydroxylation is 1. The summed E-state index contributed by atoms with van der Waals surface area (Å²) in [5.41, 5.74) is 6.11. The zero-order chi connectivity index (χ0) is 20.6. The Hall–Kier alpha value is -2.91. The highest BCUT2D eigenvalue weighted by Crippen LogP contribution is 2.27. The lowest BCUT2D eigenvalue weighted by atomic mass is 10.1. The van der Waals surface area contributed by atoms with Crippen molar-refractivity contribution in [3.8, 4) is 0 Å². The van der Waals surface area contributed by atoms with Gasteiger partial charge >= 0.3 is 12.1 Å². The summed E-state index contributed by atoms with van der Waals surface area (Å²) in [5, 5.41) is 6.05. The standard InChI is InChI=1S/C18H21F3N4O3/c19-18(20,21)17-24-14(25-28-17)6-4-2-1-3-5-7-15(26)23-13-10-8-12(9-11-13)16(22)27/h8-11H,1-7H2,(H2,22,27)(H,23,26). The van der Waals surface area contributed by atoms with Crippen LogP contribution in [0.1, 0.15) is 60.6 Å². The highest BCUT2D eigenvalue weighted by molar-refractivity contribution is 5.94. The van der Waals surface area contributed by atoms with E-state index < -0.39 is 18.0 Å². The molecule has 0 saturated heterocycles. The van der Waals surface area contributed by atoms with Crippen LogP contribution in [0.25, 0.3) is 0 Å². The van der Waals surface area contributed by atoms with Crippen LogP contribution in [0.3, 0.4) is 0 Å². The zero-order valence-corrected chi connectivity index (χ0v) is 15.1. The predicted molar refractivity (Wildman–Crippen MR) is 94.3 cm³/mol. The van der Waals surface area contributed by atoms with Gasteiger partial charge in [0.15, 0.2) is 5.82 Å². The van der Waals surface area contributed by atoms with Gasteiger partial charge in [0, 0.05) is 24.1 Å². The molecule has 0 saturated carbocycles. The first kappa shape index (κ1) is 21.4. The number of rotatable bonds is 10. The zero-order valence-electron chi connectivity index (χ0n) is 15.1. The summed E-state index contributed by atoms with van der Waals surface area (Å²) in [7, 11) is 0. The van der Waals surface area contributed by atoms with Gasteiger partial charge in [-0.1, -0.05) is 24.4 Å². The number of unbranched alkanes of at least 4 members (excludes halogenated alkanes) is 4. The van der Waals surface area contributed by atoms with Crippen LogP contribution in [0, 0.1) is 0 Å². The van der Waals surface area contributed by atoms with E-state index in [1.54, 1.807) is 24.3 Å². The number of nitrogens with one attached hydrogen (secondary N) is 1. The van der Waals surface area contributed by atoms with E-state index in [9.17, 15) is 22.8 Å². The smallest absolute Gasteiger partial charge is 0.366 e. The monoisotopic (exact) mass is 398 g/mol. The first-order valence-electron chi connectivity index (χ1n) is 8.85. The molecule has 1 aromatic heterocycles. The van der Waals surface area contributed by atoms with Crippen LogP contribution in [-0.4, -0.2) is 22.0 Å². The maximum absolute atomic E-state index is 12.3. The molecule has 0 radical (unpaired) electrons. The molecule has 0 aliphatic heterocycles. The summed E-state index contributed by atoms with van der Waals surface area (Å²) in [6.45, 7) is 0. The molecule has 152 valence electrons. The van der Waals surface area contributed by atoms with Gasteiger partial charge in [-0.2, -0.15) is 18.2 Å². The van der Waals surface area contributed by atoms with Crippen LogP contribution in [-0.2, 0) is 17.4 Å². The van der Waals surface area contributed by atoms with Gasteiger partial charge in [0.25, 0.3) is 0 Å². The number of aromatic nitrogens is 2. The highest BCUT2D eigenvalue weighted by Gasteiger charge is 2.38. The van der Waals surface area contributed by atoms with Gasteiger partial charge in [0.05, 0.1) is 0 Å². The van der Waals surface area contributed by atoms with E-state index in [2.05, 4.69) is 20.0 Å². The van der Waals surface area contributed by atoms with Crippen LogP contribution >= 0.6 is 0 Å². The van der Waals surface area contributed by atoms with Crippen molar-refractivity contribution in [3.63, 3.8) is 0 Å². The highest BCUT2D eigenvalue weighted by atomic mass is 19.4. The molecule has 1 aromatic carbocycles. The topological polar surface area (TPSA) is 111 Å². The van der Waals surface area contributed by atoms with Crippen LogP contribution in [0.4, 0.5) is 18.9 Å². The summed E-state index contributed by atoms with van der Waals surface area (Å²) in [4.78, 5) is 26.2. The third-order valence-corrected chi connectivity index (χ3v) is 3.97. The third-order valence-electron chi connectivity index (χ3n) is 3.97. The van der Waals surface area contributed by atoms with Crippen molar-refractivity contribution in [3.05, 3.63) is 41.5 Å². The molecule has 7 nitrogen and oxygen atoms in total. The number of halogens is 3. The number of carbonyl (C=O) groups excluding carboxylic acids is 2. The molecule has 10 heteroatoms. The molecule has 0 bridgehead atoms. The molecule has 2 amide bonds. The Labute approximate surface area is 159 Å². The number of primary amides is 1. The summed E-state index contributed by atoms with van der Waals surface area (Å²) in [5.74, 6) is -1.93. The number of hydrogen-bond donors (Lipinski definition) is 2. The number of alkyl halides is 3. The van der Waals surface area contributed by atoms with Crippen molar-refractivity contribution in [2.24, 2.45) is 5.73 Å². The summed E-state index contributed by atoms with van der Waals surface area (Å²) >= 11 is 0. The Kier molecular flexibility index (Phi) is 7.53. The minimum absolute atomic E-state index is 0.0501. The number of nitrogens with zero attached hydrogens (tertiary/aromatic N) is 2. The quantitative estimate of drug-likeness (QED) is 0.593. The molecule has 0 spiro atoms. The van der Waals surface area contributed by atoms with Crippen LogP contribution in [0.5, 0.6) is 0 Å². The molecule has 2 aromatic rings. The van der Waals surface area contributed by atoms with Gasteiger partial charge in [0.1, 0.15) is 0 Å². The predicted octanol–water partition coefficient (Wildman–Crippen LogP) is 3.71. The van der Waals surface area contributed by atoms with Gasteiger partial charge < -0.3 is 15.6 Å². The second kappa shape index (κ2) is 9.86. The maximum atomic E-state index is 12.3. The van der Waals surface area contributed by atoms with Gasteiger partial charge in [-0.3, -0.25) is 9.59 Å². The van der Waals surface area contributed by atoms with Crippen LogP contribution in [0.2, 0.25) is 0 Å². The lowest BCUT2D eigenvalue weighted by Crippen LogP contribution is -2.13. The molecule has 0 unspecified atom stereocenters. The van der Waals surface area contributed by atoms with E-state index in [4.69, 9.17) is 5.73 Å². The molecule has 2 rings (SSSR count). The molecule has 1 heterocycles. The fourth-order valence-corrected chi connectivity index (χ4v) is 2.51. The molecule has 28 heavy (non-hydrogen) atoms. The number of amides is 2. The van der Waals surface area contributed by atoms with E-state index in [1.807, 2.05) is 0 Å². The Bertz CT molecular complexity index is 788. The molecule has 0 fully saturated rings. The van der Waals surface area contributed by atoms with Crippen LogP contribution < -0.4 is 11.1 Å². The summed E-state index contributed by atoms with van der Waals surface area (Å²) in [6, 6.07) is 6.30. The van der Waals surface area contributed by atoms with E-state index in [-0.39, 0.29) is 11.7 Å². The normalized spacial score (nSPS) is 11.4. The first-order chi connectivity index (χ1) is 13.3. The minimum Gasteiger partial charge on any atom is -0.366 e. The molecule has 0 aliphatic carbocycles. The largest absolute Gasteiger partial charge is 0.471 e. The van der Waals surface area contributed by atoms with Gasteiger partial charge in [-0.25, -0.2) is 0 Å². The van der Waals surface area contributed by atoms with E-state index in [0.29, 0.717) is 36.9 Å². The fraction of sp³-hybridized carbons (Fsp3) is 0.444. The number of hydrogen-bond acceptors (Lipinski definition) is 5. The average Bonchev–Trinajstić information content (AvgIpc) is 3.10. The number of anilines is 1. The van der Waals surface area contributed by atoms with E-state index in [0.717, 1.165) is 19.3 Å². The second-order valence-electron chi connectivity index (χ2n) is 6.27. The van der Waals surface area contributed by atoms with Crippen molar-refractivity contribution in [1.82, 2.24) is 10.1 Å². The fourth-order valence-electron chi connectivity index (χ4n) is 2.51. The Morgan fingerprint density at radius 2 is 1.68 bits per heavy atom. The van der Waals surface area contributed by atoms with Crippen LogP contribution in [0.15, 0.2) is 28.8 Å². The maximum Gasteiger partial charge on any atom is 0.471 e. The van der Waals surface area contributed by atoms with Gasteiger partial charge in [-0.05, 0) is 37.1 Å². The van der Waals surface area contributed by atoms with Gasteiger partial charge in [-0.15, -0.1) is 0 Å². The second-order valence-corrected chi connectivity index (χ2v) is 6.27. The number of carbonyl (C=O) groups is 2. The SMILES string of the molecule is NC(=O)c1ccc(NC(=O)CCCCCCCc2noc(C(F)(F)F)n2)cc1. The van der Waals surface area contributed by atoms with E-state index in [1.165, 1.54) is 0 Å². The van der Waals surface area contributed by atoms with Gasteiger partial charge in [0.2, 0.25) is 11.8 Å². The first-order valence-corrected chi connectivity index (χ1v) is 8.85. The molecule has 3 N–H and O–H groups in total. The van der Waals surface area contributed by atoms with Crippen molar-refractivity contribution in [2.75, 3.05) is 5.32 Å². The lowest BCUT2D eigenvalue weighted by molar-refractivity contribution is -0.159. The summed E-state index contributed by atoms with van der Waals surface area (Å²) < 4.78 is 41.2.